The third-order valence-corrected chi connectivity index (χ3v) is 6.21. The number of aliphatic hydroxyl groups is 1. The third kappa shape index (κ3) is 4.99. The predicted octanol–water partition coefficient (Wildman–Crippen LogP) is 5.69. The molecule has 1 fully saturated rings. The number of benzene rings is 3. The van der Waals surface area contributed by atoms with Gasteiger partial charge < -0.3 is 14.6 Å². The first kappa shape index (κ1) is 24.8. The van der Waals surface area contributed by atoms with Gasteiger partial charge in [-0.05, 0) is 73.2 Å². The molecule has 38 heavy (non-hydrogen) atoms. The van der Waals surface area contributed by atoms with Gasteiger partial charge in [0.05, 0.1) is 17.9 Å². The molecule has 1 aliphatic rings. The van der Waals surface area contributed by atoms with Crippen LogP contribution in [0.5, 0.6) is 11.5 Å². The summed E-state index contributed by atoms with van der Waals surface area (Å²) >= 11 is 0. The van der Waals surface area contributed by atoms with Gasteiger partial charge >= 0.3 is 0 Å². The fourth-order valence-electron chi connectivity index (χ4n) is 4.39. The smallest absolute Gasteiger partial charge is 0.300 e. The van der Waals surface area contributed by atoms with Crippen molar-refractivity contribution < 1.29 is 24.2 Å². The Morgan fingerprint density at radius 2 is 1.50 bits per heavy atom. The summed E-state index contributed by atoms with van der Waals surface area (Å²) in [5.41, 5.74) is 2.36. The van der Waals surface area contributed by atoms with Gasteiger partial charge in [0, 0.05) is 17.4 Å². The van der Waals surface area contributed by atoms with Gasteiger partial charge in [-0.2, -0.15) is 0 Å². The number of Topliss-reactive ketones (excluding diaryl/α,β-unsaturated/α-hetero) is 1. The maximum absolute atomic E-state index is 13.3. The minimum atomic E-state index is -0.904. The summed E-state index contributed by atoms with van der Waals surface area (Å²) in [6.07, 6.45) is 1.59. The van der Waals surface area contributed by atoms with Gasteiger partial charge in [-0.15, -0.1) is 0 Å². The van der Waals surface area contributed by atoms with Crippen LogP contribution in [-0.2, 0) is 16.2 Å². The number of ketones is 1. The Hall–Kier alpha value is -4.91. The van der Waals surface area contributed by atoms with E-state index in [2.05, 4.69) is 4.98 Å². The van der Waals surface area contributed by atoms with Crippen LogP contribution in [0.1, 0.15) is 29.8 Å². The van der Waals surface area contributed by atoms with Crippen LogP contribution in [0.4, 0.5) is 5.69 Å². The Morgan fingerprint density at radius 3 is 2.16 bits per heavy atom. The zero-order valence-corrected chi connectivity index (χ0v) is 20.8. The van der Waals surface area contributed by atoms with Crippen LogP contribution in [0.3, 0.4) is 0 Å². The van der Waals surface area contributed by atoms with Gasteiger partial charge in [-0.3, -0.25) is 19.5 Å². The molecule has 1 aliphatic heterocycles. The minimum absolute atomic E-state index is 0.0257. The SMILES string of the molecule is CCOc1ccc(/C(O)=C2/C(=O)C(=O)N(c3ccc(OCc4ccccc4)cc3)C2c2ccccn2)cc1. The summed E-state index contributed by atoms with van der Waals surface area (Å²) in [6.45, 7) is 2.79. The van der Waals surface area contributed by atoms with Crippen LogP contribution in [-0.4, -0.2) is 28.4 Å². The fourth-order valence-corrected chi connectivity index (χ4v) is 4.39. The fraction of sp³-hybridized carbons (Fsp3) is 0.129. The topological polar surface area (TPSA) is 89.0 Å². The summed E-state index contributed by atoms with van der Waals surface area (Å²) in [7, 11) is 0. The molecule has 4 aromatic rings. The highest BCUT2D eigenvalue weighted by Gasteiger charge is 2.47. The van der Waals surface area contributed by atoms with Gasteiger partial charge in [-0.25, -0.2) is 0 Å². The first-order valence-electron chi connectivity index (χ1n) is 12.3. The summed E-state index contributed by atoms with van der Waals surface area (Å²) < 4.78 is 11.3. The number of nitrogens with zero attached hydrogens (tertiary/aromatic N) is 2. The molecule has 5 rings (SSSR count). The normalized spacial score (nSPS) is 16.4. The second kappa shape index (κ2) is 11.0. The molecule has 2 heterocycles. The van der Waals surface area contributed by atoms with E-state index in [1.165, 1.54) is 4.90 Å². The molecule has 0 radical (unpaired) electrons. The van der Waals surface area contributed by atoms with Gasteiger partial charge in [0.15, 0.2) is 0 Å². The number of rotatable bonds is 8. The molecule has 1 atom stereocenters. The highest BCUT2D eigenvalue weighted by molar-refractivity contribution is 6.51. The van der Waals surface area contributed by atoms with Crippen LogP contribution in [0.2, 0.25) is 0 Å². The Bertz CT molecular complexity index is 1450. The van der Waals surface area contributed by atoms with Crippen molar-refractivity contribution in [3.8, 4) is 11.5 Å². The number of aliphatic hydroxyl groups excluding tert-OH is 1. The van der Waals surface area contributed by atoms with E-state index >= 15 is 0 Å². The first-order valence-corrected chi connectivity index (χ1v) is 12.3. The predicted molar refractivity (Wildman–Crippen MR) is 144 cm³/mol. The Morgan fingerprint density at radius 1 is 0.842 bits per heavy atom. The molecule has 1 saturated heterocycles. The zero-order valence-electron chi connectivity index (χ0n) is 20.8. The summed E-state index contributed by atoms with van der Waals surface area (Å²) in [5, 5.41) is 11.2. The van der Waals surface area contributed by atoms with Crippen LogP contribution in [0, 0.1) is 0 Å². The average molecular weight is 507 g/mol. The number of carbonyl (C=O) groups excluding carboxylic acids is 2. The number of pyridine rings is 1. The van der Waals surface area contributed by atoms with Gasteiger partial charge in [0.2, 0.25) is 0 Å². The van der Waals surface area contributed by atoms with Crippen molar-refractivity contribution in [2.24, 2.45) is 0 Å². The number of anilines is 1. The molecule has 7 nitrogen and oxygen atoms in total. The highest BCUT2D eigenvalue weighted by Crippen LogP contribution is 2.41. The van der Waals surface area contributed by atoms with E-state index in [-0.39, 0.29) is 11.3 Å². The summed E-state index contributed by atoms with van der Waals surface area (Å²) in [5.74, 6) is -0.534. The number of amides is 1. The Labute approximate surface area is 220 Å². The average Bonchev–Trinajstić information content (AvgIpc) is 3.23. The molecule has 1 amide bonds. The molecule has 1 unspecified atom stereocenters. The number of carbonyl (C=O) groups is 2. The molecule has 1 aromatic heterocycles. The van der Waals surface area contributed by atoms with E-state index in [4.69, 9.17) is 9.47 Å². The van der Waals surface area contributed by atoms with Crippen molar-refractivity contribution in [1.82, 2.24) is 4.98 Å². The summed E-state index contributed by atoms with van der Waals surface area (Å²) in [6, 6.07) is 27.8. The molecular formula is C31H26N2O5. The largest absolute Gasteiger partial charge is 0.507 e. The number of aromatic nitrogens is 1. The lowest BCUT2D eigenvalue weighted by Gasteiger charge is -2.24. The van der Waals surface area contributed by atoms with E-state index in [0.29, 0.717) is 41.7 Å². The molecular weight excluding hydrogens is 480 g/mol. The molecule has 0 bridgehead atoms. The highest BCUT2D eigenvalue weighted by atomic mass is 16.5. The number of hydrogen-bond donors (Lipinski definition) is 1. The monoisotopic (exact) mass is 506 g/mol. The second-order valence-corrected chi connectivity index (χ2v) is 8.65. The van der Waals surface area contributed by atoms with E-state index in [0.717, 1.165) is 5.56 Å². The van der Waals surface area contributed by atoms with Crippen LogP contribution in [0.25, 0.3) is 5.76 Å². The van der Waals surface area contributed by atoms with Crippen molar-refractivity contribution in [1.29, 1.82) is 0 Å². The van der Waals surface area contributed by atoms with Crippen molar-refractivity contribution in [3.05, 3.63) is 126 Å². The maximum Gasteiger partial charge on any atom is 0.300 e. The van der Waals surface area contributed by atoms with Gasteiger partial charge in [0.25, 0.3) is 11.7 Å². The molecule has 0 spiro atoms. The van der Waals surface area contributed by atoms with Crippen molar-refractivity contribution in [3.63, 3.8) is 0 Å². The van der Waals surface area contributed by atoms with Gasteiger partial charge in [-0.1, -0.05) is 36.4 Å². The summed E-state index contributed by atoms with van der Waals surface area (Å²) in [4.78, 5) is 32.4. The lowest BCUT2D eigenvalue weighted by atomic mass is 9.98. The van der Waals surface area contributed by atoms with E-state index in [1.807, 2.05) is 37.3 Å². The van der Waals surface area contributed by atoms with Crippen LogP contribution < -0.4 is 14.4 Å². The molecule has 0 aliphatic carbocycles. The van der Waals surface area contributed by atoms with E-state index in [1.54, 1.807) is 72.9 Å². The lowest BCUT2D eigenvalue weighted by molar-refractivity contribution is -0.132. The first-order chi connectivity index (χ1) is 18.6. The number of hydrogen-bond acceptors (Lipinski definition) is 6. The van der Waals surface area contributed by atoms with Crippen molar-refractivity contribution in [2.45, 2.75) is 19.6 Å². The third-order valence-electron chi connectivity index (χ3n) is 6.21. The van der Waals surface area contributed by atoms with Crippen molar-refractivity contribution in [2.75, 3.05) is 11.5 Å². The van der Waals surface area contributed by atoms with E-state index < -0.39 is 17.7 Å². The van der Waals surface area contributed by atoms with Crippen LogP contribution in [0.15, 0.2) is 109 Å². The molecule has 1 N–H and O–H groups in total. The second-order valence-electron chi connectivity index (χ2n) is 8.65. The standard InChI is InChI=1S/C31H26N2O5/c1-2-37-24-15-11-22(12-16-24)29(34)27-28(26-10-6-7-19-32-26)33(31(36)30(27)35)23-13-17-25(18-14-23)38-20-21-8-4-3-5-9-21/h3-19,28,34H,2,20H2,1H3/b29-27-. The molecule has 3 aromatic carbocycles. The quantitative estimate of drug-likeness (QED) is 0.188. The zero-order chi connectivity index (χ0) is 26.5. The Balaban J connectivity index is 1.50. The molecule has 190 valence electrons. The number of ether oxygens (including phenoxy) is 2. The Kier molecular flexibility index (Phi) is 7.17. The lowest BCUT2D eigenvalue weighted by Crippen LogP contribution is -2.29. The van der Waals surface area contributed by atoms with Crippen molar-refractivity contribution >= 4 is 23.1 Å². The maximum atomic E-state index is 13.3. The van der Waals surface area contributed by atoms with Gasteiger partial charge in [0.1, 0.15) is 29.9 Å². The molecule has 0 saturated carbocycles. The van der Waals surface area contributed by atoms with E-state index in [9.17, 15) is 14.7 Å². The minimum Gasteiger partial charge on any atom is -0.507 e. The molecule has 7 heteroatoms. The van der Waals surface area contributed by atoms with Crippen LogP contribution >= 0.6 is 0 Å².